The summed E-state index contributed by atoms with van der Waals surface area (Å²) in [6.45, 7) is 0.557. The molecule has 0 bridgehead atoms. The highest BCUT2D eigenvalue weighted by atomic mass is 16.2. The van der Waals surface area contributed by atoms with E-state index < -0.39 is 0 Å². The zero-order valence-electron chi connectivity index (χ0n) is 13.0. The molecule has 0 spiro atoms. The predicted octanol–water partition coefficient (Wildman–Crippen LogP) is 1.43. The van der Waals surface area contributed by atoms with E-state index in [2.05, 4.69) is 32.8 Å². The molecule has 0 aliphatic heterocycles. The number of urea groups is 1. The summed E-state index contributed by atoms with van der Waals surface area (Å²) in [5.41, 5.74) is 1.10. The number of carbonyl (C=O) groups is 1. The van der Waals surface area contributed by atoms with Crippen LogP contribution in [-0.4, -0.2) is 47.4 Å². The predicted molar refractivity (Wildman–Crippen MR) is 82.9 cm³/mol. The van der Waals surface area contributed by atoms with Crippen LogP contribution in [0.5, 0.6) is 0 Å². The summed E-state index contributed by atoms with van der Waals surface area (Å²) in [7, 11) is 5.90. The molecule has 0 aromatic carbocycles. The lowest BCUT2D eigenvalue weighted by Gasteiger charge is -2.24. The molecule has 1 aromatic heterocycles. The molecule has 1 aliphatic rings. The van der Waals surface area contributed by atoms with Crippen LogP contribution in [0.25, 0.3) is 0 Å². The first-order valence-corrected chi connectivity index (χ1v) is 7.42. The molecule has 2 rings (SSSR count). The SMILES string of the molecule is CN(C)[C@@H](CNC(=O)N[C@@H]1C=CCCC1)c1cnn(C)c1. The van der Waals surface area contributed by atoms with Crippen LogP contribution in [0.3, 0.4) is 0 Å². The third-order valence-electron chi connectivity index (χ3n) is 3.76. The van der Waals surface area contributed by atoms with E-state index in [1.54, 1.807) is 4.68 Å². The Morgan fingerprint density at radius 3 is 2.95 bits per heavy atom. The van der Waals surface area contributed by atoms with Gasteiger partial charge in [0.1, 0.15) is 0 Å². The van der Waals surface area contributed by atoms with Crippen LogP contribution >= 0.6 is 0 Å². The highest BCUT2D eigenvalue weighted by Crippen LogP contribution is 2.16. The van der Waals surface area contributed by atoms with Crippen molar-refractivity contribution >= 4 is 6.03 Å². The Kier molecular flexibility index (Phi) is 5.38. The maximum Gasteiger partial charge on any atom is 0.315 e. The number of rotatable bonds is 5. The second-order valence-corrected chi connectivity index (χ2v) is 5.75. The largest absolute Gasteiger partial charge is 0.336 e. The van der Waals surface area contributed by atoms with Crippen LogP contribution in [-0.2, 0) is 7.05 Å². The number of carbonyl (C=O) groups excluding carboxylic acids is 1. The maximum absolute atomic E-state index is 12.0. The highest BCUT2D eigenvalue weighted by Gasteiger charge is 2.18. The lowest BCUT2D eigenvalue weighted by Crippen LogP contribution is -2.44. The van der Waals surface area contributed by atoms with Gasteiger partial charge in [0, 0.05) is 31.4 Å². The van der Waals surface area contributed by atoms with Gasteiger partial charge in [-0.3, -0.25) is 4.68 Å². The molecule has 0 fully saturated rings. The molecule has 1 heterocycles. The number of hydrogen-bond acceptors (Lipinski definition) is 3. The Labute approximate surface area is 126 Å². The zero-order valence-corrected chi connectivity index (χ0v) is 13.0. The van der Waals surface area contributed by atoms with Crippen molar-refractivity contribution in [1.29, 1.82) is 0 Å². The summed E-state index contributed by atoms with van der Waals surface area (Å²) in [5, 5.41) is 10.1. The quantitative estimate of drug-likeness (QED) is 0.807. The van der Waals surface area contributed by atoms with Crippen molar-refractivity contribution in [3.63, 3.8) is 0 Å². The van der Waals surface area contributed by atoms with Gasteiger partial charge in [-0.15, -0.1) is 0 Å². The summed E-state index contributed by atoms with van der Waals surface area (Å²) >= 11 is 0. The lowest BCUT2D eigenvalue weighted by molar-refractivity contribution is 0.230. The molecule has 1 aromatic rings. The van der Waals surface area contributed by atoms with Gasteiger partial charge in [0.2, 0.25) is 0 Å². The number of likely N-dealkylation sites (N-methyl/N-ethyl adjacent to an activating group) is 1. The van der Waals surface area contributed by atoms with E-state index in [0.29, 0.717) is 6.54 Å². The molecule has 0 radical (unpaired) electrons. The molecule has 2 N–H and O–H groups in total. The van der Waals surface area contributed by atoms with E-state index in [1.165, 1.54) is 0 Å². The fourth-order valence-electron chi connectivity index (χ4n) is 2.55. The molecule has 2 amide bonds. The first-order chi connectivity index (χ1) is 10.1. The molecular formula is C15H25N5O. The number of aryl methyl sites for hydroxylation is 1. The molecule has 2 atom stereocenters. The van der Waals surface area contributed by atoms with Gasteiger partial charge in [-0.2, -0.15) is 5.10 Å². The molecule has 0 saturated heterocycles. The molecule has 1 aliphatic carbocycles. The Hall–Kier alpha value is -1.82. The molecule has 21 heavy (non-hydrogen) atoms. The third kappa shape index (κ3) is 4.60. The summed E-state index contributed by atoms with van der Waals surface area (Å²) < 4.78 is 1.78. The van der Waals surface area contributed by atoms with Gasteiger partial charge in [-0.1, -0.05) is 12.2 Å². The van der Waals surface area contributed by atoms with Crippen molar-refractivity contribution in [3.8, 4) is 0 Å². The van der Waals surface area contributed by atoms with Gasteiger partial charge in [-0.05, 0) is 33.4 Å². The third-order valence-corrected chi connectivity index (χ3v) is 3.76. The van der Waals surface area contributed by atoms with Gasteiger partial charge in [0.25, 0.3) is 0 Å². The standard InChI is InChI=1S/C15H25N5O/c1-19(2)14(12-9-17-20(3)11-12)10-16-15(21)18-13-7-5-4-6-8-13/h5,7,9,11,13-14H,4,6,8,10H2,1-3H3,(H2,16,18,21)/t13-,14+/m1/s1. The summed E-state index contributed by atoms with van der Waals surface area (Å²) in [6, 6.07) is 0.170. The smallest absolute Gasteiger partial charge is 0.315 e. The van der Waals surface area contributed by atoms with Crippen molar-refractivity contribution in [2.24, 2.45) is 7.05 Å². The van der Waals surface area contributed by atoms with Crippen LogP contribution in [0.1, 0.15) is 30.9 Å². The van der Waals surface area contributed by atoms with Gasteiger partial charge in [0.15, 0.2) is 0 Å². The molecule has 0 saturated carbocycles. The Bertz CT molecular complexity index is 494. The monoisotopic (exact) mass is 291 g/mol. The van der Waals surface area contributed by atoms with Crippen LogP contribution in [0.4, 0.5) is 4.79 Å². The topological polar surface area (TPSA) is 62.2 Å². The van der Waals surface area contributed by atoms with Crippen LogP contribution in [0, 0.1) is 0 Å². The number of nitrogens with zero attached hydrogens (tertiary/aromatic N) is 3. The minimum Gasteiger partial charge on any atom is -0.336 e. The van der Waals surface area contributed by atoms with Gasteiger partial charge < -0.3 is 15.5 Å². The first-order valence-electron chi connectivity index (χ1n) is 7.42. The average Bonchev–Trinajstić information content (AvgIpc) is 2.86. The average molecular weight is 291 g/mol. The van der Waals surface area contributed by atoms with Crippen LogP contribution in [0.2, 0.25) is 0 Å². The highest BCUT2D eigenvalue weighted by molar-refractivity contribution is 5.74. The normalized spacial score (nSPS) is 19.5. The summed E-state index contributed by atoms with van der Waals surface area (Å²) in [5.74, 6) is 0. The van der Waals surface area contributed by atoms with Crippen LogP contribution in [0.15, 0.2) is 24.5 Å². The number of amides is 2. The van der Waals surface area contributed by atoms with Gasteiger partial charge in [0.05, 0.1) is 12.2 Å². The number of nitrogens with one attached hydrogen (secondary N) is 2. The first kappa shape index (κ1) is 15.6. The van der Waals surface area contributed by atoms with E-state index >= 15 is 0 Å². The Morgan fingerprint density at radius 1 is 1.57 bits per heavy atom. The van der Waals surface area contributed by atoms with E-state index in [0.717, 1.165) is 24.8 Å². The fourth-order valence-corrected chi connectivity index (χ4v) is 2.55. The molecular weight excluding hydrogens is 266 g/mol. The van der Waals surface area contributed by atoms with E-state index in [9.17, 15) is 4.79 Å². The zero-order chi connectivity index (χ0) is 15.2. The van der Waals surface area contributed by atoms with Gasteiger partial charge in [-0.25, -0.2) is 4.79 Å². The summed E-state index contributed by atoms with van der Waals surface area (Å²) in [4.78, 5) is 14.1. The minimum absolute atomic E-state index is 0.109. The number of hydrogen-bond donors (Lipinski definition) is 2. The Morgan fingerprint density at radius 2 is 2.38 bits per heavy atom. The fraction of sp³-hybridized carbons (Fsp3) is 0.600. The van der Waals surface area contributed by atoms with E-state index in [1.807, 2.05) is 33.5 Å². The van der Waals surface area contributed by atoms with Crippen molar-refractivity contribution in [3.05, 3.63) is 30.1 Å². The second kappa shape index (κ2) is 7.26. The number of allylic oxidation sites excluding steroid dienone is 1. The van der Waals surface area contributed by atoms with E-state index in [-0.39, 0.29) is 18.1 Å². The van der Waals surface area contributed by atoms with Crippen molar-refractivity contribution in [2.45, 2.75) is 31.3 Å². The lowest BCUT2D eigenvalue weighted by atomic mass is 10.0. The molecule has 6 nitrogen and oxygen atoms in total. The van der Waals surface area contributed by atoms with Crippen molar-refractivity contribution < 1.29 is 4.79 Å². The Balaban J connectivity index is 1.85. The van der Waals surface area contributed by atoms with Crippen LogP contribution < -0.4 is 10.6 Å². The van der Waals surface area contributed by atoms with Crippen molar-refractivity contribution in [1.82, 2.24) is 25.3 Å². The molecule has 0 unspecified atom stereocenters. The maximum atomic E-state index is 12.0. The van der Waals surface area contributed by atoms with E-state index in [4.69, 9.17) is 0 Å². The number of aromatic nitrogens is 2. The minimum atomic E-state index is -0.109. The van der Waals surface area contributed by atoms with Crippen molar-refractivity contribution in [2.75, 3.05) is 20.6 Å². The van der Waals surface area contributed by atoms with Gasteiger partial charge >= 0.3 is 6.03 Å². The molecule has 6 heteroatoms. The summed E-state index contributed by atoms with van der Waals surface area (Å²) in [6.07, 6.45) is 11.3. The molecule has 116 valence electrons. The second-order valence-electron chi connectivity index (χ2n) is 5.75.